The van der Waals surface area contributed by atoms with Crippen LogP contribution in [0.5, 0.6) is 0 Å². The molecule has 1 unspecified atom stereocenters. The molecule has 0 spiro atoms. The molecule has 1 N–H and O–H groups in total. The van der Waals surface area contributed by atoms with Crippen LogP contribution in [0.15, 0.2) is 12.3 Å². The smallest absolute Gasteiger partial charge is 0.159 e. The minimum atomic E-state index is -0.0383. The summed E-state index contributed by atoms with van der Waals surface area (Å²) >= 11 is 0. The number of rotatable bonds is 5. The summed E-state index contributed by atoms with van der Waals surface area (Å²) in [7, 11) is 1.69. The second kappa shape index (κ2) is 5.66. The number of nitrogens with zero attached hydrogens (tertiary/aromatic N) is 2. The van der Waals surface area contributed by atoms with E-state index in [1.54, 1.807) is 13.3 Å². The Kier molecular flexibility index (Phi) is 4.49. The highest BCUT2D eigenvalue weighted by molar-refractivity contribution is 5.32. The van der Waals surface area contributed by atoms with E-state index in [0.717, 1.165) is 18.2 Å². The van der Waals surface area contributed by atoms with Crippen molar-refractivity contribution in [2.24, 2.45) is 5.92 Å². The molecule has 1 atom stereocenters. The Bertz CT molecular complexity index is 302. The average Bonchev–Trinajstić information content (AvgIpc) is 2.19. The fraction of sp³-hybridized carbons (Fsp3) is 0.636. The van der Waals surface area contributed by atoms with E-state index in [2.05, 4.69) is 29.1 Å². The summed E-state index contributed by atoms with van der Waals surface area (Å²) in [5.74, 6) is 1.96. The van der Waals surface area contributed by atoms with Gasteiger partial charge >= 0.3 is 0 Å². The van der Waals surface area contributed by atoms with Crippen molar-refractivity contribution >= 4 is 5.82 Å². The highest BCUT2D eigenvalue weighted by atomic mass is 16.5. The van der Waals surface area contributed by atoms with E-state index in [9.17, 15) is 0 Å². The lowest BCUT2D eigenvalue weighted by molar-refractivity contribution is 0.0575. The van der Waals surface area contributed by atoms with Crippen LogP contribution in [0, 0.1) is 5.92 Å². The first-order valence-electron chi connectivity index (χ1n) is 5.28. The fourth-order valence-electron chi connectivity index (χ4n) is 1.47. The average molecular weight is 209 g/mol. The molecule has 1 aromatic heterocycles. The van der Waals surface area contributed by atoms with Crippen molar-refractivity contribution in [3.05, 3.63) is 18.1 Å². The Morgan fingerprint density at radius 2 is 2.20 bits per heavy atom. The third kappa shape index (κ3) is 3.16. The van der Waals surface area contributed by atoms with Crippen LogP contribution in [-0.2, 0) is 4.74 Å². The maximum atomic E-state index is 5.38. The predicted octanol–water partition coefficient (Wildman–Crippen LogP) is 2.25. The van der Waals surface area contributed by atoms with Gasteiger partial charge in [-0.2, -0.15) is 0 Å². The van der Waals surface area contributed by atoms with Gasteiger partial charge in [-0.25, -0.2) is 9.97 Å². The predicted molar refractivity (Wildman–Crippen MR) is 60.8 cm³/mol. The summed E-state index contributed by atoms with van der Waals surface area (Å²) < 4.78 is 5.38. The molecule has 4 nitrogen and oxygen atoms in total. The molecule has 0 amide bonds. The summed E-state index contributed by atoms with van der Waals surface area (Å²) in [5, 5.41) is 3.16. The third-order valence-corrected chi connectivity index (χ3v) is 2.15. The molecule has 0 fully saturated rings. The van der Waals surface area contributed by atoms with Gasteiger partial charge in [-0.05, 0) is 18.9 Å². The lowest BCUT2D eigenvalue weighted by Crippen LogP contribution is -2.13. The Balaban J connectivity index is 2.87. The summed E-state index contributed by atoms with van der Waals surface area (Å²) in [6, 6.07) is 1.86. The number of hydrogen-bond donors (Lipinski definition) is 1. The van der Waals surface area contributed by atoms with Crippen molar-refractivity contribution in [3.63, 3.8) is 0 Å². The molecule has 0 aliphatic heterocycles. The molecule has 0 aliphatic rings. The molecular formula is C11H19N3O. The molecule has 0 saturated carbocycles. The van der Waals surface area contributed by atoms with Gasteiger partial charge in [0.15, 0.2) is 5.82 Å². The number of anilines is 1. The van der Waals surface area contributed by atoms with E-state index in [-0.39, 0.29) is 6.10 Å². The normalized spacial score (nSPS) is 12.9. The van der Waals surface area contributed by atoms with Crippen LogP contribution in [0.25, 0.3) is 0 Å². The van der Waals surface area contributed by atoms with Gasteiger partial charge in [0.25, 0.3) is 0 Å². The van der Waals surface area contributed by atoms with Crippen LogP contribution in [0.1, 0.15) is 32.7 Å². The first-order valence-corrected chi connectivity index (χ1v) is 5.28. The molecule has 0 radical (unpaired) electrons. The minimum absolute atomic E-state index is 0.0383. The minimum Gasteiger partial charge on any atom is -0.373 e. The van der Waals surface area contributed by atoms with Gasteiger partial charge in [0, 0.05) is 19.9 Å². The largest absolute Gasteiger partial charge is 0.373 e. The van der Waals surface area contributed by atoms with Crippen molar-refractivity contribution in [2.45, 2.75) is 26.9 Å². The van der Waals surface area contributed by atoms with Gasteiger partial charge in [0.2, 0.25) is 0 Å². The van der Waals surface area contributed by atoms with Gasteiger partial charge in [0.05, 0.1) is 0 Å². The summed E-state index contributed by atoms with van der Waals surface area (Å²) in [6.45, 7) is 7.09. The van der Waals surface area contributed by atoms with Gasteiger partial charge in [-0.3, -0.25) is 0 Å². The maximum absolute atomic E-state index is 5.38. The van der Waals surface area contributed by atoms with Crippen LogP contribution in [0.3, 0.4) is 0 Å². The summed E-state index contributed by atoms with van der Waals surface area (Å²) in [6.07, 6.45) is 1.72. The van der Waals surface area contributed by atoms with Crippen molar-refractivity contribution in [1.29, 1.82) is 0 Å². The molecule has 0 saturated heterocycles. The zero-order chi connectivity index (χ0) is 11.3. The van der Waals surface area contributed by atoms with Crippen molar-refractivity contribution in [2.75, 3.05) is 19.0 Å². The second-order valence-electron chi connectivity index (χ2n) is 3.73. The van der Waals surface area contributed by atoms with Crippen molar-refractivity contribution < 1.29 is 4.74 Å². The van der Waals surface area contributed by atoms with E-state index in [0.29, 0.717) is 5.92 Å². The highest BCUT2D eigenvalue weighted by Crippen LogP contribution is 2.22. The summed E-state index contributed by atoms with van der Waals surface area (Å²) in [4.78, 5) is 8.65. The molecule has 4 heteroatoms. The van der Waals surface area contributed by atoms with Crippen LogP contribution in [0.4, 0.5) is 5.82 Å². The molecule has 1 heterocycles. The number of nitrogens with one attached hydrogen (secondary N) is 1. The monoisotopic (exact) mass is 209 g/mol. The SMILES string of the molecule is CCNc1ccnc(C(OC)C(C)C)n1. The lowest BCUT2D eigenvalue weighted by atomic mass is 10.1. The van der Waals surface area contributed by atoms with E-state index < -0.39 is 0 Å². The van der Waals surface area contributed by atoms with E-state index in [1.165, 1.54) is 0 Å². The van der Waals surface area contributed by atoms with E-state index in [1.807, 2.05) is 13.0 Å². The van der Waals surface area contributed by atoms with Crippen LogP contribution < -0.4 is 5.32 Å². The number of aromatic nitrogens is 2. The molecular weight excluding hydrogens is 190 g/mol. The second-order valence-corrected chi connectivity index (χ2v) is 3.73. The molecule has 0 bridgehead atoms. The fourth-order valence-corrected chi connectivity index (χ4v) is 1.47. The standard InChI is InChI=1S/C11H19N3O/c1-5-12-9-6-7-13-11(14-9)10(15-4)8(2)3/h6-8,10H,5H2,1-4H3,(H,12,13,14). The quantitative estimate of drug-likeness (QED) is 0.808. The Morgan fingerprint density at radius 3 is 2.73 bits per heavy atom. The molecule has 1 aromatic rings. The zero-order valence-corrected chi connectivity index (χ0v) is 9.82. The molecule has 1 rings (SSSR count). The van der Waals surface area contributed by atoms with Crippen LogP contribution in [-0.4, -0.2) is 23.6 Å². The van der Waals surface area contributed by atoms with Crippen molar-refractivity contribution in [1.82, 2.24) is 9.97 Å². The first kappa shape index (κ1) is 11.9. The third-order valence-electron chi connectivity index (χ3n) is 2.15. The highest BCUT2D eigenvalue weighted by Gasteiger charge is 2.17. The maximum Gasteiger partial charge on any atom is 0.159 e. The Labute approximate surface area is 91.1 Å². The molecule has 0 aliphatic carbocycles. The Hall–Kier alpha value is -1.16. The lowest BCUT2D eigenvalue weighted by Gasteiger charge is -2.17. The molecule has 84 valence electrons. The first-order chi connectivity index (χ1) is 7.19. The van der Waals surface area contributed by atoms with Gasteiger partial charge in [-0.1, -0.05) is 13.8 Å². The molecule has 15 heavy (non-hydrogen) atoms. The summed E-state index contributed by atoms with van der Waals surface area (Å²) in [5.41, 5.74) is 0. The van der Waals surface area contributed by atoms with Crippen LogP contribution in [0.2, 0.25) is 0 Å². The number of ether oxygens (including phenoxy) is 1. The zero-order valence-electron chi connectivity index (χ0n) is 9.82. The Morgan fingerprint density at radius 1 is 1.47 bits per heavy atom. The number of hydrogen-bond acceptors (Lipinski definition) is 4. The van der Waals surface area contributed by atoms with Gasteiger partial charge < -0.3 is 10.1 Å². The topological polar surface area (TPSA) is 47.0 Å². The molecule has 0 aromatic carbocycles. The van der Waals surface area contributed by atoms with Crippen LogP contribution >= 0.6 is 0 Å². The van der Waals surface area contributed by atoms with E-state index >= 15 is 0 Å². The van der Waals surface area contributed by atoms with Gasteiger partial charge in [-0.15, -0.1) is 0 Å². The van der Waals surface area contributed by atoms with Crippen molar-refractivity contribution in [3.8, 4) is 0 Å². The number of methoxy groups -OCH3 is 1. The van der Waals surface area contributed by atoms with Gasteiger partial charge in [0.1, 0.15) is 11.9 Å². The van der Waals surface area contributed by atoms with E-state index in [4.69, 9.17) is 4.74 Å².